The highest BCUT2D eigenvalue weighted by Gasteiger charge is 2.28. The van der Waals surface area contributed by atoms with Crippen molar-refractivity contribution < 1.29 is 13.5 Å². The molecule has 2 aromatic rings. The van der Waals surface area contributed by atoms with Crippen LogP contribution in [0, 0.1) is 12.8 Å². The number of aliphatic hydroxyl groups is 1. The lowest BCUT2D eigenvalue weighted by atomic mass is 9.87. The molecular weight excluding hydrogens is 318 g/mol. The maximum absolute atomic E-state index is 12.8. The summed E-state index contributed by atoms with van der Waals surface area (Å²) in [5.41, 5.74) is 0. The SMILES string of the molecule is Cc1sc2ccccc2c1S(=O)(=O)NC1CCC(CO)CC1. The van der Waals surface area contributed by atoms with Crippen molar-refractivity contribution in [2.24, 2.45) is 5.92 Å². The Kier molecular flexibility index (Phi) is 4.54. The first-order valence-corrected chi connectivity index (χ1v) is 9.92. The quantitative estimate of drug-likeness (QED) is 0.900. The monoisotopic (exact) mass is 339 g/mol. The van der Waals surface area contributed by atoms with Crippen LogP contribution in [0.1, 0.15) is 30.6 Å². The Hall–Kier alpha value is -0.950. The summed E-state index contributed by atoms with van der Waals surface area (Å²) in [4.78, 5) is 1.26. The Morgan fingerprint density at radius 3 is 2.59 bits per heavy atom. The van der Waals surface area contributed by atoms with Crippen LogP contribution in [0.15, 0.2) is 29.2 Å². The highest BCUT2D eigenvalue weighted by atomic mass is 32.2. The maximum Gasteiger partial charge on any atom is 0.242 e. The van der Waals surface area contributed by atoms with E-state index in [9.17, 15) is 13.5 Å². The maximum atomic E-state index is 12.8. The summed E-state index contributed by atoms with van der Waals surface area (Å²) in [7, 11) is -3.50. The summed E-state index contributed by atoms with van der Waals surface area (Å²) in [6, 6.07) is 7.61. The molecule has 1 heterocycles. The molecule has 0 saturated heterocycles. The molecule has 120 valence electrons. The van der Waals surface area contributed by atoms with Gasteiger partial charge in [-0.15, -0.1) is 11.3 Å². The van der Waals surface area contributed by atoms with Crippen LogP contribution in [0.25, 0.3) is 10.1 Å². The fourth-order valence-corrected chi connectivity index (χ4v) is 6.34. The van der Waals surface area contributed by atoms with E-state index < -0.39 is 10.0 Å². The predicted molar refractivity (Wildman–Crippen MR) is 89.7 cm³/mol. The van der Waals surface area contributed by atoms with E-state index in [2.05, 4.69) is 4.72 Å². The molecule has 0 unspecified atom stereocenters. The molecule has 4 nitrogen and oxygen atoms in total. The Morgan fingerprint density at radius 1 is 1.23 bits per heavy atom. The van der Waals surface area contributed by atoms with Crippen LogP contribution in [0.5, 0.6) is 0 Å². The van der Waals surface area contributed by atoms with Crippen molar-refractivity contribution in [1.82, 2.24) is 4.72 Å². The first kappa shape index (κ1) is 15.9. The summed E-state index contributed by atoms with van der Waals surface area (Å²) in [6.45, 7) is 2.07. The van der Waals surface area contributed by atoms with Crippen molar-refractivity contribution in [2.45, 2.75) is 43.5 Å². The summed E-state index contributed by atoms with van der Waals surface area (Å²) in [6.07, 6.45) is 3.36. The minimum absolute atomic E-state index is 0.0223. The topological polar surface area (TPSA) is 66.4 Å². The third-order valence-corrected chi connectivity index (χ3v) is 7.33. The molecule has 0 aliphatic heterocycles. The number of aryl methyl sites for hydroxylation is 1. The molecule has 1 saturated carbocycles. The van der Waals surface area contributed by atoms with Crippen molar-refractivity contribution in [3.8, 4) is 0 Å². The van der Waals surface area contributed by atoms with E-state index in [0.29, 0.717) is 10.8 Å². The molecule has 0 bridgehead atoms. The number of sulfonamides is 1. The minimum Gasteiger partial charge on any atom is -0.396 e. The van der Waals surface area contributed by atoms with E-state index >= 15 is 0 Å². The minimum atomic E-state index is -3.50. The zero-order valence-corrected chi connectivity index (χ0v) is 14.2. The van der Waals surface area contributed by atoms with Crippen LogP contribution < -0.4 is 4.72 Å². The standard InChI is InChI=1S/C16H21NO3S2/c1-11-16(14-4-2-3-5-15(14)21-11)22(19,20)17-13-8-6-12(10-18)7-9-13/h2-5,12-13,17-18H,6-10H2,1H3. The van der Waals surface area contributed by atoms with E-state index in [4.69, 9.17) is 0 Å². The normalized spacial score (nSPS) is 23.0. The van der Waals surface area contributed by atoms with E-state index in [0.717, 1.165) is 40.6 Å². The second-order valence-corrected chi connectivity index (χ2v) is 8.91. The van der Waals surface area contributed by atoms with Gasteiger partial charge in [0.2, 0.25) is 10.0 Å². The first-order valence-electron chi connectivity index (χ1n) is 7.62. The summed E-state index contributed by atoms with van der Waals surface area (Å²) >= 11 is 1.52. The van der Waals surface area contributed by atoms with Gasteiger partial charge < -0.3 is 5.11 Å². The molecule has 1 aliphatic rings. The third-order valence-electron chi connectivity index (χ3n) is 4.41. The molecule has 0 amide bonds. The van der Waals surface area contributed by atoms with Gasteiger partial charge in [0.05, 0.1) is 0 Å². The van der Waals surface area contributed by atoms with Gasteiger partial charge in [0, 0.05) is 27.6 Å². The van der Waals surface area contributed by atoms with Crippen molar-refractivity contribution in [1.29, 1.82) is 0 Å². The molecule has 1 aromatic carbocycles. The van der Waals surface area contributed by atoms with Gasteiger partial charge in [-0.3, -0.25) is 0 Å². The second kappa shape index (κ2) is 6.28. The molecule has 0 atom stereocenters. The van der Waals surface area contributed by atoms with E-state index in [-0.39, 0.29) is 12.6 Å². The summed E-state index contributed by atoms with van der Waals surface area (Å²) < 4.78 is 29.5. The number of rotatable bonds is 4. The number of hydrogen-bond donors (Lipinski definition) is 2. The average molecular weight is 339 g/mol. The van der Waals surface area contributed by atoms with Crippen molar-refractivity contribution in [2.75, 3.05) is 6.61 Å². The zero-order chi connectivity index (χ0) is 15.7. The molecule has 1 aliphatic carbocycles. The van der Waals surface area contributed by atoms with Gasteiger partial charge in [-0.1, -0.05) is 18.2 Å². The largest absolute Gasteiger partial charge is 0.396 e. The summed E-state index contributed by atoms with van der Waals surface area (Å²) in [5.74, 6) is 0.324. The van der Waals surface area contributed by atoms with Crippen molar-refractivity contribution >= 4 is 31.4 Å². The van der Waals surface area contributed by atoms with Gasteiger partial charge in [-0.2, -0.15) is 0 Å². The molecule has 3 rings (SSSR count). The van der Waals surface area contributed by atoms with Crippen LogP contribution >= 0.6 is 11.3 Å². The first-order chi connectivity index (χ1) is 10.5. The third kappa shape index (κ3) is 3.06. The second-order valence-electron chi connectivity index (χ2n) is 6.01. The molecule has 0 radical (unpaired) electrons. The van der Waals surface area contributed by atoms with E-state index in [1.165, 1.54) is 11.3 Å². The average Bonchev–Trinajstić information content (AvgIpc) is 2.84. The number of aliphatic hydroxyl groups excluding tert-OH is 1. The molecule has 2 N–H and O–H groups in total. The number of benzene rings is 1. The zero-order valence-electron chi connectivity index (χ0n) is 12.6. The Balaban J connectivity index is 1.85. The molecule has 0 spiro atoms. The van der Waals surface area contributed by atoms with Crippen molar-refractivity contribution in [3.05, 3.63) is 29.1 Å². The van der Waals surface area contributed by atoms with Crippen LogP contribution in [-0.4, -0.2) is 26.2 Å². The lowest BCUT2D eigenvalue weighted by Crippen LogP contribution is -2.38. The Morgan fingerprint density at radius 2 is 1.91 bits per heavy atom. The molecule has 1 fully saturated rings. The predicted octanol–water partition coefficient (Wildman–Crippen LogP) is 3.04. The van der Waals surface area contributed by atoms with Crippen LogP contribution in [-0.2, 0) is 10.0 Å². The lowest BCUT2D eigenvalue weighted by molar-refractivity contribution is 0.180. The van der Waals surface area contributed by atoms with Gasteiger partial charge in [-0.05, 0) is 44.6 Å². The molecule has 22 heavy (non-hydrogen) atoms. The van der Waals surface area contributed by atoms with Gasteiger partial charge in [-0.25, -0.2) is 13.1 Å². The molecule has 1 aromatic heterocycles. The van der Waals surface area contributed by atoms with E-state index in [1.54, 1.807) is 0 Å². The van der Waals surface area contributed by atoms with Crippen LogP contribution in [0.3, 0.4) is 0 Å². The van der Waals surface area contributed by atoms with Gasteiger partial charge >= 0.3 is 0 Å². The van der Waals surface area contributed by atoms with Gasteiger partial charge in [0.15, 0.2) is 0 Å². The number of fused-ring (bicyclic) bond motifs is 1. The smallest absolute Gasteiger partial charge is 0.242 e. The fourth-order valence-electron chi connectivity index (χ4n) is 3.22. The summed E-state index contributed by atoms with van der Waals surface area (Å²) in [5, 5.41) is 9.98. The van der Waals surface area contributed by atoms with Crippen LogP contribution in [0.4, 0.5) is 0 Å². The molecular formula is C16H21NO3S2. The Labute approximate surface area is 135 Å². The lowest BCUT2D eigenvalue weighted by Gasteiger charge is -2.27. The Bertz CT molecular complexity index is 759. The van der Waals surface area contributed by atoms with E-state index in [1.807, 2.05) is 31.2 Å². The number of thiophene rings is 1. The molecule has 6 heteroatoms. The fraction of sp³-hybridized carbons (Fsp3) is 0.500. The number of hydrogen-bond acceptors (Lipinski definition) is 4. The van der Waals surface area contributed by atoms with Crippen LogP contribution in [0.2, 0.25) is 0 Å². The van der Waals surface area contributed by atoms with Crippen molar-refractivity contribution in [3.63, 3.8) is 0 Å². The highest BCUT2D eigenvalue weighted by molar-refractivity contribution is 7.90. The number of nitrogens with one attached hydrogen (secondary N) is 1. The van der Waals surface area contributed by atoms with Gasteiger partial charge in [0.1, 0.15) is 4.90 Å². The van der Waals surface area contributed by atoms with Gasteiger partial charge in [0.25, 0.3) is 0 Å². The highest BCUT2D eigenvalue weighted by Crippen LogP contribution is 2.34.